The molecule has 0 saturated carbocycles. The molecule has 1 aromatic carbocycles. The number of aromatic amines is 1. The first-order chi connectivity index (χ1) is 9.88. The Morgan fingerprint density at radius 2 is 2.05 bits per heavy atom. The van der Waals surface area contributed by atoms with Gasteiger partial charge in [-0.1, -0.05) is 30.3 Å². The van der Waals surface area contributed by atoms with Crippen LogP contribution in [0, 0.1) is 0 Å². The van der Waals surface area contributed by atoms with Gasteiger partial charge in [0.2, 0.25) is 0 Å². The average molecular weight is 285 g/mol. The largest absolute Gasteiger partial charge is 0.341 e. The first kappa shape index (κ1) is 13.1. The molecule has 0 aliphatic rings. The summed E-state index contributed by atoms with van der Waals surface area (Å²) >= 11 is 1.70. The predicted molar refractivity (Wildman–Crippen MR) is 80.7 cm³/mol. The molecule has 0 aliphatic heterocycles. The fourth-order valence-corrected chi connectivity index (χ4v) is 3.15. The quantitative estimate of drug-likeness (QED) is 0.556. The van der Waals surface area contributed by atoms with E-state index < -0.39 is 0 Å². The molecule has 6 heteroatoms. The number of benzene rings is 1. The summed E-state index contributed by atoms with van der Waals surface area (Å²) in [6.45, 7) is 0. The van der Waals surface area contributed by atoms with E-state index >= 15 is 0 Å². The Balaban J connectivity index is 1.77. The number of rotatable bonds is 5. The van der Waals surface area contributed by atoms with Gasteiger partial charge < -0.3 is 10.3 Å². The third kappa shape index (κ3) is 2.66. The van der Waals surface area contributed by atoms with E-state index in [9.17, 15) is 0 Å². The third-order valence-corrected chi connectivity index (χ3v) is 4.21. The zero-order valence-corrected chi connectivity index (χ0v) is 11.9. The third-order valence-electron chi connectivity index (χ3n) is 3.13. The Hall–Kier alpha value is -1.92. The Labute approximate surface area is 121 Å². The predicted octanol–water partition coefficient (Wildman–Crippen LogP) is 2.41. The smallest absolute Gasteiger partial charge is 0.181 e. The van der Waals surface area contributed by atoms with Crippen molar-refractivity contribution in [2.75, 3.05) is 12.8 Å². The van der Waals surface area contributed by atoms with Gasteiger partial charge in [0, 0.05) is 11.8 Å². The van der Waals surface area contributed by atoms with E-state index in [2.05, 4.69) is 49.5 Å². The van der Waals surface area contributed by atoms with Crippen molar-refractivity contribution in [1.29, 1.82) is 0 Å². The molecule has 102 valence electrons. The van der Waals surface area contributed by atoms with E-state index in [1.54, 1.807) is 24.4 Å². The minimum absolute atomic E-state index is 0.286. The van der Waals surface area contributed by atoms with Gasteiger partial charge in [0.1, 0.15) is 16.9 Å². The second kappa shape index (κ2) is 6.02. The van der Waals surface area contributed by atoms with Gasteiger partial charge in [-0.25, -0.2) is 15.0 Å². The van der Waals surface area contributed by atoms with Crippen LogP contribution >= 0.6 is 11.8 Å². The molecule has 0 radical (unpaired) electrons. The molecule has 1 unspecified atom stereocenters. The summed E-state index contributed by atoms with van der Waals surface area (Å²) in [7, 11) is 1.98. The molecule has 2 N–H and O–H groups in total. The van der Waals surface area contributed by atoms with Crippen molar-refractivity contribution in [3.8, 4) is 0 Å². The number of nitrogens with zero attached hydrogens (tertiary/aromatic N) is 3. The highest BCUT2D eigenvalue weighted by Crippen LogP contribution is 2.26. The van der Waals surface area contributed by atoms with Gasteiger partial charge >= 0.3 is 0 Å². The van der Waals surface area contributed by atoms with E-state index in [1.807, 2.05) is 13.1 Å². The van der Waals surface area contributed by atoms with Crippen LogP contribution in [0.2, 0.25) is 0 Å². The van der Waals surface area contributed by atoms with Gasteiger partial charge in [-0.05, 0) is 12.6 Å². The van der Waals surface area contributed by atoms with Crippen molar-refractivity contribution in [2.24, 2.45) is 0 Å². The highest BCUT2D eigenvalue weighted by molar-refractivity contribution is 7.99. The molecule has 1 atom stereocenters. The number of hydrogen-bond donors (Lipinski definition) is 2. The molecular weight excluding hydrogens is 270 g/mol. The van der Waals surface area contributed by atoms with Crippen molar-refractivity contribution in [3.63, 3.8) is 0 Å². The summed E-state index contributed by atoms with van der Waals surface area (Å²) in [6.07, 6.45) is 3.21. The van der Waals surface area contributed by atoms with E-state index in [0.717, 1.165) is 16.3 Å². The van der Waals surface area contributed by atoms with Gasteiger partial charge in [-0.3, -0.25) is 0 Å². The van der Waals surface area contributed by atoms with Crippen molar-refractivity contribution in [3.05, 3.63) is 48.5 Å². The zero-order valence-electron chi connectivity index (χ0n) is 11.1. The maximum atomic E-state index is 4.33. The van der Waals surface area contributed by atoms with Gasteiger partial charge in [0.15, 0.2) is 5.65 Å². The van der Waals surface area contributed by atoms with Crippen LogP contribution in [0.3, 0.4) is 0 Å². The lowest BCUT2D eigenvalue weighted by molar-refractivity contribution is 0.661. The Kier molecular flexibility index (Phi) is 3.94. The van der Waals surface area contributed by atoms with E-state index in [-0.39, 0.29) is 6.04 Å². The minimum atomic E-state index is 0.286. The molecule has 0 fully saturated rings. The van der Waals surface area contributed by atoms with Crippen LogP contribution in [0.25, 0.3) is 11.2 Å². The summed E-state index contributed by atoms with van der Waals surface area (Å²) < 4.78 is 0. The number of imidazole rings is 1. The lowest BCUT2D eigenvalue weighted by Gasteiger charge is -2.15. The molecule has 0 aliphatic carbocycles. The topological polar surface area (TPSA) is 66.5 Å². The van der Waals surface area contributed by atoms with Gasteiger partial charge in [0.25, 0.3) is 0 Å². The maximum absolute atomic E-state index is 4.33. The average Bonchev–Trinajstić information content (AvgIpc) is 2.98. The highest BCUT2D eigenvalue weighted by atomic mass is 32.2. The fraction of sp³-hybridized carbons (Fsp3) is 0.214. The second-order valence-corrected chi connectivity index (χ2v) is 5.35. The van der Waals surface area contributed by atoms with Crippen molar-refractivity contribution in [1.82, 2.24) is 25.3 Å². The summed E-state index contributed by atoms with van der Waals surface area (Å²) in [5.41, 5.74) is 2.89. The molecular formula is C14H15N5S. The number of nitrogens with one attached hydrogen (secondary N) is 2. The SMILES string of the molecule is CNC(CSc1ncnc2nc[nH]c12)c1ccccc1. The molecule has 20 heavy (non-hydrogen) atoms. The summed E-state index contributed by atoms with van der Waals surface area (Å²) in [5, 5.41) is 4.27. The number of aromatic nitrogens is 4. The Morgan fingerprint density at radius 3 is 2.85 bits per heavy atom. The summed E-state index contributed by atoms with van der Waals surface area (Å²) in [6, 6.07) is 10.7. The monoisotopic (exact) mass is 285 g/mol. The normalized spacial score (nSPS) is 12.7. The van der Waals surface area contributed by atoms with Crippen LogP contribution in [-0.4, -0.2) is 32.7 Å². The van der Waals surface area contributed by atoms with E-state index in [0.29, 0.717) is 5.65 Å². The standard InChI is InChI=1S/C14H15N5S/c1-15-11(10-5-3-2-4-6-10)7-20-14-12-13(17-8-16-12)18-9-19-14/h2-6,8-9,11,15H,7H2,1H3,(H,16,17,18,19). The molecule has 2 heterocycles. The van der Waals surface area contributed by atoms with Gasteiger partial charge in [-0.2, -0.15) is 0 Å². The lowest BCUT2D eigenvalue weighted by atomic mass is 10.1. The van der Waals surface area contributed by atoms with Crippen LogP contribution < -0.4 is 5.32 Å². The van der Waals surface area contributed by atoms with Crippen LogP contribution in [0.4, 0.5) is 0 Å². The van der Waals surface area contributed by atoms with Crippen LogP contribution in [0.15, 0.2) is 48.0 Å². The van der Waals surface area contributed by atoms with Crippen LogP contribution in [0.5, 0.6) is 0 Å². The summed E-state index contributed by atoms with van der Waals surface area (Å²) in [4.78, 5) is 15.7. The number of H-pyrrole nitrogens is 1. The maximum Gasteiger partial charge on any atom is 0.181 e. The first-order valence-corrected chi connectivity index (χ1v) is 7.36. The molecule has 0 saturated heterocycles. The molecule has 2 aromatic heterocycles. The Morgan fingerprint density at radius 1 is 1.20 bits per heavy atom. The highest BCUT2D eigenvalue weighted by Gasteiger charge is 2.12. The van der Waals surface area contributed by atoms with Crippen LogP contribution in [-0.2, 0) is 0 Å². The van der Waals surface area contributed by atoms with Crippen LogP contribution in [0.1, 0.15) is 11.6 Å². The lowest BCUT2D eigenvalue weighted by Crippen LogP contribution is -2.18. The van der Waals surface area contributed by atoms with Crippen molar-refractivity contribution < 1.29 is 0 Å². The second-order valence-electron chi connectivity index (χ2n) is 4.34. The first-order valence-electron chi connectivity index (χ1n) is 6.37. The molecule has 0 spiro atoms. The minimum Gasteiger partial charge on any atom is -0.341 e. The molecule has 0 bridgehead atoms. The van der Waals surface area contributed by atoms with E-state index in [1.165, 1.54) is 5.56 Å². The molecule has 3 rings (SSSR count). The fourth-order valence-electron chi connectivity index (χ4n) is 2.05. The van der Waals surface area contributed by atoms with Gasteiger partial charge in [-0.15, -0.1) is 11.8 Å². The van der Waals surface area contributed by atoms with Crippen molar-refractivity contribution >= 4 is 22.9 Å². The van der Waals surface area contributed by atoms with Crippen molar-refractivity contribution in [2.45, 2.75) is 11.1 Å². The Bertz CT molecular complexity index is 682. The molecule has 0 amide bonds. The molecule has 5 nitrogen and oxygen atoms in total. The van der Waals surface area contributed by atoms with Gasteiger partial charge in [0.05, 0.1) is 6.33 Å². The number of thioether (sulfide) groups is 1. The zero-order chi connectivity index (χ0) is 13.8. The number of fused-ring (bicyclic) bond motifs is 1. The summed E-state index contributed by atoms with van der Waals surface area (Å²) in [5.74, 6) is 0.894. The van der Waals surface area contributed by atoms with E-state index in [4.69, 9.17) is 0 Å². The molecule has 3 aromatic rings. The number of hydrogen-bond acceptors (Lipinski definition) is 5.